The van der Waals surface area contributed by atoms with E-state index in [1.54, 1.807) is 0 Å². The molecule has 0 saturated carbocycles. The molecule has 1 aliphatic rings. The molecule has 0 amide bonds. The van der Waals surface area contributed by atoms with E-state index in [9.17, 15) is 0 Å². The predicted molar refractivity (Wildman–Crippen MR) is 64.6 cm³/mol. The third-order valence-corrected chi connectivity index (χ3v) is 9.39. The lowest BCUT2D eigenvalue weighted by molar-refractivity contribution is 0.300. The largest absolute Gasteiger partial charge is 0.417 e. The van der Waals surface area contributed by atoms with Gasteiger partial charge in [0.25, 0.3) is 0 Å². The lowest BCUT2D eigenvalue weighted by Gasteiger charge is -2.26. The van der Waals surface area contributed by atoms with Crippen LogP contribution < -0.4 is 0 Å². The van der Waals surface area contributed by atoms with Gasteiger partial charge in [0.05, 0.1) is 0 Å². The van der Waals surface area contributed by atoms with Crippen LogP contribution >= 0.6 is 0 Å². The Kier molecular flexibility index (Phi) is 3.77. The van der Waals surface area contributed by atoms with Gasteiger partial charge in [-0.15, -0.1) is 0 Å². The molecule has 78 valence electrons. The first-order valence-electron chi connectivity index (χ1n) is 5.55. The second-order valence-electron chi connectivity index (χ2n) is 5.73. The summed E-state index contributed by atoms with van der Waals surface area (Å²) in [7, 11) is -2.10. The Hall–Kier alpha value is 0.394. The van der Waals surface area contributed by atoms with Crippen molar-refractivity contribution in [1.82, 2.24) is 0 Å². The minimum Gasteiger partial charge on any atom is -0.417 e. The van der Waals surface area contributed by atoms with Crippen LogP contribution in [0.4, 0.5) is 0 Å². The van der Waals surface area contributed by atoms with Crippen LogP contribution in [0.25, 0.3) is 0 Å². The summed E-state index contributed by atoms with van der Waals surface area (Å²) in [4.78, 5) is 0. The Morgan fingerprint density at radius 1 is 0.846 bits per heavy atom. The Balaban J connectivity index is 2.53. The molecule has 0 aromatic heterocycles. The summed E-state index contributed by atoms with van der Waals surface area (Å²) in [5, 5.41) is 0. The van der Waals surface area contributed by atoms with Crippen molar-refractivity contribution in [3.05, 3.63) is 0 Å². The first-order chi connectivity index (χ1) is 5.91. The normalized spacial score (nSPS) is 28.6. The van der Waals surface area contributed by atoms with E-state index in [-0.39, 0.29) is 0 Å². The minimum atomic E-state index is -1.26. The highest BCUT2D eigenvalue weighted by Gasteiger charge is 2.29. The summed E-state index contributed by atoms with van der Waals surface area (Å²) in [5.74, 6) is 0. The molecule has 0 unspecified atom stereocenters. The zero-order chi connectivity index (χ0) is 9.95. The van der Waals surface area contributed by atoms with Gasteiger partial charge in [-0.3, -0.25) is 0 Å². The SMILES string of the molecule is C[Si]1(C)CCCCO[Si](C)(C)CC1. The average Bonchev–Trinajstić information content (AvgIpc) is 2.04. The first-order valence-corrected chi connectivity index (χ1v) is 12.1. The molecule has 3 heteroatoms. The molecule has 1 rings (SSSR count). The van der Waals surface area contributed by atoms with E-state index in [4.69, 9.17) is 4.43 Å². The van der Waals surface area contributed by atoms with Crippen LogP contribution in [-0.4, -0.2) is 23.0 Å². The molecular formula is C10H24OSi2. The molecule has 0 aromatic rings. The number of hydrogen-bond donors (Lipinski definition) is 0. The van der Waals surface area contributed by atoms with Gasteiger partial charge in [-0.05, 0) is 25.6 Å². The Morgan fingerprint density at radius 2 is 1.54 bits per heavy atom. The Labute approximate surface area is 85.0 Å². The van der Waals surface area contributed by atoms with Gasteiger partial charge in [-0.2, -0.15) is 0 Å². The average molecular weight is 216 g/mol. The lowest BCUT2D eigenvalue weighted by atomic mass is 10.4. The third kappa shape index (κ3) is 4.43. The molecule has 0 bridgehead atoms. The first kappa shape index (κ1) is 11.5. The van der Waals surface area contributed by atoms with Crippen molar-refractivity contribution >= 4 is 16.4 Å². The van der Waals surface area contributed by atoms with E-state index < -0.39 is 16.4 Å². The van der Waals surface area contributed by atoms with Gasteiger partial charge in [-0.1, -0.05) is 31.6 Å². The molecule has 0 aliphatic carbocycles. The molecule has 0 aromatic carbocycles. The second-order valence-corrected chi connectivity index (χ2v) is 15.4. The fourth-order valence-electron chi connectivity index (χ4n) is 1.89. The standard InChI is InChI=1S/C10H24OSi2/c1-12(2)8-6-5-7-11-13(3,4)10-9-12/h5-10H2,1-4H3. The maximum absolute atomic E-state index is 6.00. The Morgan fingerprint density at radius 3 is 2.23 bits per heavy atom. The van der Waals surface area contributed by atoms with Gasteiger partial charge in [0.1, 0.15) is 0 Å². The monoisotopic (exact) mass is 216 g/mol. The van der Waals surface area contributed by atoms with Crippen molar-refractivity contribution in [2.45, 2.75) is 57.2 Å². The molecule has 1 fully saturated rings. The van der Waals surface area contributed by atoms with Crippen LogP contribution in [0.2, 0.25) is 44.3 Å². The van der Waals surface area contributed by atoms with Crippen LogP contribution in [0.5, 0.6) is 0 Å². The van der Waals surface area contributed by atoms with Crippen molar-refractivity contribution in [1.29, 1.82) is 0 Å². The van der Waals surface area contributed by atoms with Gasteiger partial charge in [0, 0.05) is 14.7 Å². The van der Waals surface area contributed by atoms with Gasteiger partial charge in [0.15, 0.2) is 8.32 Å². The highest BCUT2D eigenvalue weighted by Crippen LogP contribution is 2.27. The van der Waals surface area contributed by atoms with Crippen LogP contribution in [0.1, 0.15) is 12.8 Å². The van der Waals surface area contributed by atoms with Crippen molar-refractivity contribution in [2.75, 3.05) is 6.61 Å². The van der Waals surface area contributed by atoms with Crippen LogP contribution in [0.3, 0.4) is 0 Å². The summed E-state index contributed by atoms with van der Waals surface area (Å²) in [6.45, 7) is 10.9. The maximum atomic E-state index is 6.00. The quantitative estimate of drug-likeness (QED) is 0.561. The van der Waals surface area contributed by atoms with E-state index in [1.807, 2.05) is 0 Å². The van der Waals surface area contributed by atoms with Crippen LogP contribution in [0, 0.1) is 0 Å². The molecule has 1 heterocycles. The summed E-state index contributed by atoms with van der Waals surface area (Å²) in [5.41, 5.74) is 0. The fraction of sp³-hybridized carbons (Fsp3) is 1.00. The van der Waals surface area contributed by atoms with E-state index in [2.05, 4.69) is 26.2 Å². The van der Waals surface area contributed by atoms with E-state index in [1.165, 1.54) is 31.0 Å². The molecule has 1 saturated heterocycles. The zero-order valence-corrected chi connectivity index (χ0v) is 11.7. The van der Waals surface area contributed by atoms with Crippen molar-refractivity contribution < 1.29 is 4.43 Å². The molecular weight excluding hydrogens is 192 g/mol. The van der Waals surface area contributed by atoms with Gasteiger partial charge < -0.3 is 4.43 Å². The highest BCUT2D eigenvalue weighted by atomic mass is 28.4. The van der Waals surface area contributed by atoms with Gasteiger partial charge >= 0.3 is 0 Å². The van der Waals surface area contributed by atoms with E-state index in [0.717, 1.165) is 6.61 Å². The second kappa shape index (κ2) is 4.28. The Bertz CT molecular complexity index is 148. The third-order valence-electron chi connectivity index (χ3n) is 3.14. The molecule has 0 N–H and O–H groups in total. The van der Waals surface area contributed by atoms with E-state index >= 15 is 0 Å². The molecule has 13 heavy (non-hydrogen) atoms. The predicted octanol–water partition coefficient (Wildman–Crippen LogP) is 3.71. The van der Waals surface area contributed by atoms with Gasteiger partial charge in [-0.25, -0.2) is 0 Å². The van der Waals surface area contributed by atoms with Gasteiger partial charge in [0.2, 0.25) is 0 Å². The molecule has 0 atom stereocenters. The van der Waals surface area contributed by atoms with E-state index in [0.29, 0.717) is 0 Å². The smallest absolute Gasteiger partial charge is 0.186 e. The summed E-state index contributed by atoms with van der Waals surface area (Å²) < 4.78 is 6.00. The van der Waals surface area contributed by atoms with Crippen molar-refractivity contribution in [3.8, 4) is 0 Å². The zero-order valence-electron chi connectivity index (χ0n) is 9.65. The van der Waals surface area contributed by atoms with Crippen LogP contribution in [-0.2, 0) is 4.43 Å². The molecule has 0 spiro atoms. The summed E-state index contributed by atoms with van der Waals surface area (Å²) in [6.07, 6.45) is 2.70. The molecule has 0 radical (unpaired) electrons. The fourth-order valence-corrected chi connectivity index (χ4v) is 9.30. The van der Waals surface area contributed by atoms with Crippen LogP contribution in [0.15, 0.2) is 0 Å². The molecule has 1 nitrogen and oxygen atoms in total. The lowest BCUT2D eigenvalue weighted by Crippen LogP contribution is -2.33. The number of rotatable bonds is 0. The summed E-state index contributed by atoms with van der Waals surface area (Å²) in [6, 6.07) is 4.40. The summed E-state index contributed by atoms with van der Waals surface area (Å²) >= 11 is 0. The van der Waals surface area contributed by atoms with Crippen molar-refractivity contribution in [3.63, 3.8) is 0 Å². The number of hydrogen-bond acceptors (Lipinski definition) is 1. The highest BCUT2D eigenvalue weighted by molar-refractivity contribution is 6.80. The minimum absolute atomic E-state index is 0.839. The maximum Gasteiger partial charge on any atom is 0.186 e. The topological polar surface area (TPSA) is 9.23 Å². The van der Waals surface area contributed by atoms with Crippen molar-refractivity contribution in [2.24, 2.45) is 0 Å². The molecule has 1 aliphatic heterocycles.